The Kier molecular flexibility index (Phi) is 8.25. The molecule has 5 rings (SSSR count). The minimum atomic E-state index is -4.95. The summed E-state index contributed by atoms with van der Waals surface area (Å²) in [5, 5.41) is 10.4. The number of ether oxygens (including phenoxy) is 2. The summed E-state index contributed by atoms with van der Waals surface area (Å²) in [5.41, 5.74) is 11.1. The van der Waals surface area contributed by atoms with Gasteiger partial charge in [-0.2, -0.15) is 4.98 Å². The van der Waals surface area contributed by atoms with Gasteiger partial charge in [-0.25, -0.2) is 28.9 Å². The molecule has 224 valence electrons. The molecule has 2 saturated heterocycles. The fraction of sp³-hybridized carbons (Fsp3) is 0.526. The molecule has 0 saturated carbocycles. The highest BCUT2D eigenvalue weighted by Gasteiger charge is 2.46. The predicted octanol–water partition coefficient (Wildman–Crippen LogP) is -1.55. The zero-order chi connectivity index (χ0) is 29.5. The number of nitrogen functional groups attached to an aromatic ring is 2. The van der Waals surface area contributed by atoms with Crippen molar-refractivity contribution in [1.82, 2.24) is 29.1 Å². The minimum Gasteiger partial charge on any atom is -0.390 e. The van der Waals surface area contributed by atoms with Crippen LogP contribution in [0.25, 0.3) is 11.2 Å². The number of nitrogens with zero attached hydrogens (tertiary/aromatic N) is 6. The standard InChI is InChI=1S/C19H26N8O12P2/c20-13-1-2-26(19(29)25-13)14-3-10(28)11(38-14)5-37-41(33,34)39-16-9(4-35-12(16)6-36-40(30,31)32)27-8-24-15-17(21)22-7-23-18(15)27/h1-2,7-12,14,16,28H,3-6H2,(H,33,34)(H2,20,25,29)(H2,21,22,23)(H2,30,31,32)/t9-,10+,11+,12-,14+,16-/m0/s1. The number of phosphoric acid groups is 2. The fourth-order valence-electron chi connectivity index (χ4n) is 4.50. The first kappa shape index (κ1) is 29.6. The van der Waals surface area contributed by atoms with E-state index in [-0.39, 0.29) is 35.8 Å². The summed E-state index contributed by atoms with van der Waals surface area (Å²) in [7, 11) is -9.88. The summed E-state index contributed by atoms with van der Waals surface area (Å²) < 4.78 is 53.1. The van der Waals surface area contributed by atoms with Crippen LogP contribution >= 0.6 is 15.6 Å². The van der Waals surface area contributed by atoms with Crippen LogP contribution in [0.3, 0.4) is 0 Å². The molecule has 5 heterocycles. The van der Waals surface area contributed by atoms with Crippen molar-refractivity contribution >= 4 is 38.4 Å². The van der Waals surface area contributed by atoms with Crippen molar-refractivity contribution in [1.29, 1.82) is 0 Å². The number of phosphoric ester groups is 2. The van der Waals surface area contributed by atoms with Crippen LogP contribution in [-0.2, 0) is 32.2 Å². The average molecular weight is 620 g/mol. The number of imidazole rings is 1. The summed E-state index contributed by atoms with van der Waals surface area (Å²) in [5.74, 6) is 0.0782. The Hall–Kier alpha value is -2.87. The Morgan fingerprint density at radius 1 is 1.07 bits per heavy atom. The van der Waals surface area contributed by atoms with Crippen molar-refractivity contribution in [3.63, 3.8) is 0 Å². The van der Waals surface area contributed by atoms with E-state index in [0.29, 0.717) is 0 Å². The highest BCUT2D eigenvalue weighted by molar-refractivity contribution is 7.47. The normalized spacial score (nSPS) is 28.3. The number of hydrogen-bond acceptors (Lipinski definition) is 15. The fourth-order valence-corrected chi connectivity index (χ4v) is 5.82. The highest BCUT2D eigenvalue weighted by atomic mass is 31.2. The average Bonchev–Trinajstić information content (AvgIpc) is 3.58. The van der Waals surface area contributed by atoms with E-state index in [1.54, 1.807) is 0 Å². The molecule has 3 aromatic heterocycles. The molecular weight excluding hydrogens is 594 g/mol. The number of aromatic nitrogens is 6. The molecule has 0 aliphatic carbocycles. The number of fused-ring (bicyclic) bond motifs is 1. The van der Waals surface area contributed by atoms with Crippen molar-refractivity contribution in [2.24, 2.45) is 0 Å². The lowest BCUT2D eigenvalue weighted by molar-refractivity contribution is -0.0518. The number of aliphatic hydroxyl groups excluding tert-OH is 1. The van der Waals surface area contributed by atoms with Crippen LogP contribution in [0.5, 0.6) is 0 Å². The van der Waals surface area contributed by atoms with Gasteiger partial charge in [0.15, 0.2) is 11.5 Å². The molecule has 20 nitrogen and oxygen atoms in total. The quantitative estimate of drug-likeness (QED) is 0.140. The molecule has 7 atom stereocenters. The van der Waals surface area contributed by atoms with Gasteiger partial charge < -0.3 is 45.3 Å². The van der Waals surface area contributed by atoms with E-state index in [1.807, 2.05) is 0 Å². The molecule has 0 amide bonds. The van der Waals surface area contributed by atoms with Crippen LogP contribution in [-0.4, -0.2) is 93.1 Å². The topological polar surface area (TPSA) is 292 Å². The van der Waals surface area contributed by atoms with Crippen molar-refractivity contribution in [3.8, 4) is 0 Å². The van der Waals surface area contributed by atoms with E-state index in [1.165, 1.54) is 29.5 Å². The summed E-state index contributed by atoms with van der Waals surface area (Å²) in [4.78, 5) is 56.7. The van der Waals surface area contributed by atoms with Crippen LogP contribution < -0.4 is 17.2 Å². The monoisotopic (exact) mass is 620 g/mol. The molecule has 8 N–H and O–H groups in total. The Morgan fingerprint density at radius 2 is 1.83 bits per heavy atom. The van der Waals surface area contributed by atoms with E-state index in [9.17, 15) is 23.9 Å². The molecule has 0 spiro atoms. The van der Waals surface area contributed by atoms with E-state index in [0.717, 1.165) is 4.57 Å². The molecule has 41 heavy (non-hydrogen) atoms. The third kappa shape index (κ3) is 6.63. The largest absolute Gasteiger partial charge is 0.472 e. The molecule has 0 aromatic carbocycles. The molecule has 2 aliphatic rings. The van der Waals surface area contributed by atoms with Gasteiger partial charge in [0.25, 0.3) is 0 Å². The molecule has 2 aliphatic heterocycles. The lowest BCUT2D eigenvalue weighted by atomic mass is 10.1. The molecular formula is C19H26N8O12P2. The number of aliphatic hydroxyl groups is 1. The molecule has 22 heteroatoms. The summed E-state index contributed by atoms with van der Waals surface area (Å²) >= 11 is 0. The third-order valence-corrected chi connectivity index (χ3v) is 7.87. The lowest BCUT2D eigenvalue weighted by Gasteiger charge is -2.26. The van der Waals surface area contributed by atoms with Gasteiger partial charge >= 0.3 is 21.3 Å². The molecule has 0 radical (unpaired) electrons. The lowest BCUT2D eigenvalue weighted by Crippen LogP contribution is -2.34. The summed E-state index contributed by atoms with van der Waals surface area (Å²) in [6.07, 6.45) is -2.06. The van der Waals surface area contributed by atoms with Crippen molar-refractivity contribution < 1.29 is 52.0 Å². The second-order valence-electron chi connectivity index (χ2n) is 9.12. The van der Waals surface area contributed by atoms with Crippen LogP contribution in [0.4, 0.5) is 11.6 Å². The Labute approximate surface area is 229 Å². The van der Waals surface area contributed by atoms with E-state index in [2.05, 4.69) is 24.5 Å². The second-order valence-corrected chi connectivity index (χ2v) is 11.8. The maximum Gasteiger partial charge on any atom is 0.472 e. The second kappa shape index (κ2) is 11.4. The van der Waals surface area contributed by atoms with Crippen molar-refractivity contribution in [2.75, 3.05) is 31.3 Å². The Morgan fingerprint density at radius 3 is 2.56 bits per heavy atom. The number of rotatable bonds is 10. The first-order valence-corrected chi connectivity index (χ1v) is 14.9. The van der Waals surface area contributed by atoms with Crippen molar-refractivity contribution in [3.05, 3.63) is 35.4 Å². The first-order chi connectivity index (χ1) is 19.3. The predicted molar refractivity (Wildman–Crippen MR) is 135 cm³/mol. The van der Waals surface area contributed by atoms with E-state index >= 15 is 0 Å². The number of nitrogens with two attached hydrogens (primary N) is 2. The number of anilines is 2. The zero-order valence-electron chi connectivity index (χ0n) is 20.9. The number of hydrogen-bond donors (Lipinski definition) is 6. The summed E-state index contributed by atoms with van der Waals surface area (Å²) in [6, 6.07) is 0.471. The molecule has 0 bridgehead atoms. The minimum absolute atomic E-state index is 0.00125. The molecule has 1 unspecified atom stereocenters. The van der Waals surface area contributed by atoms with Crippen LogP contribution in [0.2, 0.25) is 0 Å². The van der Waals surface area contributed by atoms with Crippen LogP contribution in [0, 0.1) is 0 Å². The molecule has 2 fully saturated rings. The van der Waals surface area contributed by atoms with Gasteiger partial charge in [-0.3, -0.25) is 18.1 Å². The smallest absolute Gasteiger partial charge is 0.390 e. The third-order valence-electron chi connectivity index (χ3n) is 6.40. The Bertz CT molecular complexity index is 1560. The van der Waals surface area contributed by atoms with Crippen LogP contribution in [0.15, 0.2) is 29.7 Å². The van der Waals surface area contributed by atoms with Gasteiger partial charge in [0.1, 0.15) is 42.2 Å². The van der Waals surface area contributed by atoms with Gasteiger partial charge in [-0.15, -0.1) is 0 Å². The highest BCUT2D eigenvalue weighted by Crippen LogP contribution is 2.50. The van der Waals surface area contributed by atoms with Gasteiger partial charge in [-0.05, 0) is 6.07 Å². The van der Waals surface area contributed by atoms with Gasteiger partial charge in [0.05, 0.1) is 38.3 Å². The van der Waals surface area contributed by atoms with Gasteiger partial charge in [0.2, 0.25) is 0 Å². The summed E-state index contributed by atoms with van der Waals surface area (Å²) in [6.45, 7) is -1.49. The van der Waals surface area contributed by atoms with Gasteiger partial charge in [-0.1, -0.05) is 0 Å². The van der Waals surface area contributed by atoms with Gasteiger partial charge in [0, 0.05) is 12.6 Å². The molecule has 3 aromatic rings. The van der Waals surface area contributed by atoms with Crippen LogP contribution in [0.1, 0.15) is 18.7 Å². The maximum absolute atomic E-state index is 13.0. The maximum atomic E-state index is 13.0. The SMILES string of the molecule is Nc1ccn([C@H]2C[C@@H](O)[C@@H](COP(=O)(O)O[C@@H]3[C@H](COP(=O)(O)O)OC[C@@H]3n3cnc4c(N)ncnc43)O2)c(=O)n1. The first-order valence-electron chi connectivity index (χ1n) is 11.9. The van der Waals surface area contributed by atoms with Crippen molar-refractivity contribution in [2.45, 2.75) is 43.1 Å². The van der Waals surface area contributed by atoms with E-state index < -0.39 is 71.2 Å². The Balaban J connectivity index is 1.31. The van der Waals surface area contributed by atoms with E-state index in [4.69, 9.17) is 39.8 Å². The zero-order valence-corrected chi connectivity index (χ0v) is 22.7.